The van der Waals surface area contributed by atoms with E-state index in [9.17, 15) is 9.59 Å². The quantitative estimate of drug-likeness (QED) is 0.666. The molecule has 2 aliphatic carbocycles. The molecule has 2 amide bonds. The number of likely N-dealkylation sites (tertiary alicyclic amines) is 1. The lowest BCUT2D eigenvalue weighted by Gasteiger charge is -2.52. The Balaban J connectivity index is 1.78. The number of piperidine rings is 1. The van der Waals surface area contributed by atoms with Gasteiger partial charge < -0.3 is 10.6 Å². The molecule has 1 saturated carbocycles. The number of nitrogens with two attached hydrogens (primary N) is 1. The van der Waals surface area contributed by atoms with Gasteiger partial charge in [0.2, 0.25) is 11.8 Å². The Labute approximate surface area is 188 Å². The first-order valence-corrected chi connectivity index (χ1v) is 11.4. The summed E-state index contributed by atoms with van der Waals surface area (Å²) in [6, 6.07) is 7.85. The highest BCUT2D eigenvalue weighted by atomic mass is 35.5. The Kier molecular flexibility index (Phi) is 6.00. The number of nitrogens with zero attached hydrogens (tertiary/aromatic N) is 1. The molecule has 30 heavy (non-hydrogen) atoms. The summed E-state index contributed by atoms with van der Waals surface area (Å²) in [5.41, 5.74) is 6.35. The van der Waals surface area contributed by atoms with Gasteiger partial charge in [0.1, 0.15) is 0 Å². The molecule has 0 aromatic heterocycles. The van der Waals surface area contributed by atoms with Gasteiger partial charge in [-0.15, -0.1) is 0 Å². The molecule has 2 fully saturated rings. The van der Waals surface area contributed by atoms with Crippen molar-refractivity contribution in [1.29, 1.82) is 0 Å². The number of hydrogen-bond acceptors (Lipinski definition) is 2. The first-order valence-electron chi connectivity index (χ1n) is 10.7. The summed E-state index contributed by atoms with van der Waals surface area (Å²) in [7, 11) is 0. The van der Waals surface area contributed by atoms with Crippen molar-refractivity contribution in [2.75, 3.05) is 6.54 Å². The molecule has 1 unspecified atom stereocenters. The Morgan fingerprint density at radius 2 is 2.07 bits per heavy atom. The highest BCUT2D eigenvalue weighted by molar-refractivity contribution is 6.31. The number of carbonyl (C=O) groups excluding carboxylic acids is 2. The van der Waals surface area contributed by atoms with Crippen molar-refractivity contribution >= 4 is 35.0 Å². The van der Waals surface area contributed by atoms with Crippen LogP contribution in [0.5, 0.6) is 0 Å². The van der Waals surface area contributed by atoms with E-state index in [1.165, 1.54) is 0 Å². The van der Waals surface area contributed by atoms with Gasteiger partial charge in [-0.25, -0.2) is 0 Å². The predicted molar refractivity (Wildman–Crippen MR) is 120 cm³/mol. The van der Waals surface area contributed by atoms with Crippen molar-refractivity contribution < 1.29 is 9.59 Å². The number of rotatable bonds is 6. The molecule has 4 rings (SSSR count). The molecular weight excluding hydrogens is 419 g/mol. The zero-order valence-electron chi connectivity index (χ0n) is 17.2. The summed E-state index contributed by atoms with van der Waals surface area (Å²) in [6.45, 7) is 2.93. The van der Waals surface area contributed by atoms with E-state index in [2.05, 4.69) is 24.0 Å². The molecule has 1 saturated heterocycles. The molecule has 0 bridgehead atoms. The van der Waals surface area contributed by atoms with Gasteiger partial charge >= 0.3 is 0 Å². The minimum atomic E-state index is -0.429. The van der Waals surface area contributed by atoms with E-state index < -0.39 is 11.8 Å². The fourth-order valence-corrected chi connectivity index (χ4v) is 5.47. The minimum absolute atomic E-state index is 0.0366. The van der Waals surface area contributed by atoms with E-state index in [-0.39, 0.29) is 29.7 Å². The zero-order chi connectivity index (χ0) is 21.5. The Bertz CT molecular complexity index is 908. The van der Waals surface area contributed by atoms with Gasteiger partial charge in [-0.05, 0) is 55.4 Å². The topological polar surface area (TPSA) is 63.4 Å². The number of halogens is 2. The summed E-state index contributed by atoms with van der Waals surface area (Å²) in [4.78, 5) is 27.3. The van der Waals surface area contributed by atoms with Crippen molar-refractivity contribution in [3.63, 3.8) is 0 Å². The molecule has 160 valence electrons. The van der Waals surface area contributed by atoms with Crippen LogP contribution in [0.15, 0.2) is 47.5 Å². The van der Waals surface area contributed by atoms with E-state index in [0.717, 1.165) is 36.4 Å². The molecule has 2 N–H and O–H groups in total. The predicted octanol–water partition coefficient (Wildman–Crippen LogP) is 5.02. The highest BCUT2D eigenvalue weighted by Crippen LogP contribution is 2.50. The van der Waals surface area contributed by atoms with E-state index in [1.807, 2.05) is 30.4 Å². The maximum atomic E-state index is 13.6. The minimum Gasteiger partial charge on any atom is -0.370 e. The third-order valence-electron chi connectivity index (χ3n) is 6.80. The lowest BCUT2D eigenvalue weighted by atomic mass is 9.64. The Morgan fingerprint density at radius 3 is 2.67 bits per heavy atom. The van der Waals surface area contributed by atoms with Gasteiger partial charge in [0.25, 0.3) is 0 Å². The van der Waals surface area contributed by atoms with Gasteiger partial charge in [0.15, 0.2) is 0 Å². The number of benzene rings is 1. The lowest BCUT2D eigenvalue weighted by molar-refractivity contribution is -0.148. The van der Waals surface area contributed by atoms with Crippen molar-refractivity contribution in [2.45, 2.75) is 51.0 Å². The number of amides is 2. The molecule has 6 heteroatoms. The molecule has 3 aliphatic rings. The summed E-state index contributed by atoms with van der Waals surface area (Å²) in [6.07, 6.45) is 9.87. The zero-order valence-corrected chi connectivity index (χ0v) is 18.7. The van der Waals surface area contributed by atoms with Crippen LogP contribution in [0.4, 0.5) is 0 Å². The van der Waals surface area contributed by atoms with Crippen LogP contribution in [0.2, 0.25) is 5.02 Å². The molecule has 4 atom stereocenters. The van der Waals surface area contributed by atoms with Crippen LogP contribution in [0, 0.1) is 17.3 Å². The normalized spacial score (nSPS) is 31.6. The van der Waals surface area contributed by atoms with Crippen LogP contribution >= 0.6 is 23.2 Å². The maximum Gasteiger partial charge on any atom is 0.226 e. The van der Waals surface area contributed by atoms with Crippen molar-refractivity contribution in [3.05, 3.63) is 58.1 Å². The fraction of sp³-hybridized carbons (Fsp3) is 0.500. The van der Waals surface area contributed by atoms with Crippen LogP contribution in [-0.4, -0.2) is 29.3 Å². The smallest absolute Gasteiger partial charge is 0.226 e. The van der Waals surface area contributed by atoms with Crippen LogP contribution in [0.1, 0.15) is 50.5 Å². The summed E-state index contributed by atoms with van der Waals surface area (Å²) in [5.74, 6) is -0.166. The van der Waals surface area contributed by atoms with Gasteiger partial charge in [0.05, 0.1) is 0 Å². The van der Waals surface area contributed by atoms with Crippen molar-refractivity contribution in [3.8, 4) is 0 Å². The van der Waals surface area contributed by atoms with Crippen molar-refractivity contribution in [1.82, 2.24) is 4.90 Å². The summed E-state index contributed by atoms with van der Waals surface area (Å²) in [5, 5.41) is 1.41. The third-order valence-corrected chi connectivity index (χ3v) is 7.32. The first-order chi connectivity index (χ1) is 14.3. The van der Waals surface area contributed by atoms with Gasteiger partial charge in [-0.2, -0.15) is 0 Å². The molecule has 4 nitrogen and oxygen atoms in total. The summed E-state index contributed by atoms with van der Waals surface area (Å²) >= 11 is 12.6. The van der Waals surface area contributed by atoms with E-state index in [1.54, 1.807) is 0 Å². The molecule has 1 aromatic carbocycles. The Morgan fingerprint density at radius 1 is 1.30 bits per heavy atom. The summed E-state index contributed by atoms with van der Waals surface area (Å²) < 4.78 is 0. The first kappa shape index (κ1) is 21.5. The monoisotopic (exact) mass is 446 g/mol. The van der Waals surface area contributed by atoms with E-state index in [4.69, 9.17) is 28.9 Å². The lowest BCUT2D eigenvalue weighted by Crippen LogP contribution is -2.58. The van der Waals surface area contributed by atoms with Gasteiger partial charge in [-0.1, -0.05) is 54.4 Å². The molecule has 0 spiro atoms. The maximum absolute atomic E-state index is 13.6. The number of carbonyl (C=O) groups is 2. The van der Waals surface area contributed by atoms with Crippen LogP contribution < -0.4 is 5.73 Å². The molecule has 1 aromatic rings. The number of hydrogen-bond donors (Lipinski definition) is 1. The van der Waals surface area contributed by atoms with E-state index in [0.29, 0.717) is 17.4 Å². The molecular formula is C24H28Cl2N2O2. The highest BCUT2D eigenvalue weighted by Gasteiger charge is 2.50. The average molecular weight is 447 g/mol. The second-order valence-electron chi connectivity index (χ2n) is 9.28. The number of allylic oxidation sites excluding steroid dienone is 3. The SMILES string of the molecule is CC1([C@@H]2[C@@H](c3cccc(Cl)c3)C[C@@H](CC(N)=O)C(=O)N2CC2CC2)C=CC(Cl)=CC1. The fourth-order valence-electron chi connectivity index (χ4n) is 5.13. The third kappa shape index (κ3) is 4.45. The molecule has 0 radical (unpaired) electrons. The largest absolute Gasteiger partial charge is 0.370 e. The Hall–Kier alpha value is -1.78. The second-order valence-corrected chi connectivity index (χ2v) is 10.1. The second kappa shape index (κ2) is 8.39. The van der Waals surface area contributed by atoms with Gasteiger partial charge in [0, 0.05) is 46.3 Å². The standard InChI is InChI=1S/C24H28Cl2N2O2/c1-24(9-7-18(25)8-10-24)22-20(16-3-2-4-19(26)11-16)12-17(13-21(27)29)23(30)28(22)14-15-5-6-15/h2-4,7-9,11,15,17,20,22H,5-6,10,12-14H2,1H3,(H2,27,29)/t17-,20+,22-,24?/m0/s1. The molecule has 1 aliphatic heterocycles. The van der Waals surface area contributed by atoms with Crippen LogP contribution in [0.3, 0.4) is 0 Å². The number of primary amides is 1. The van der Waals surface area contributed by atoms with Crippen molar-refractivity contribution in [2.24, 2.45) is 23.0 Å². The average Bonchev–Trinajstić information content (AvgIpc) is 3.51. The van der Waals surface area contributed by atoms with Gasteiger partial charge in [-0.3, -0.25) is 9.59 Å². The molecule has 1 heterocycles. The van der Waals surface area contributed by atoms with Crippen LogP contribution in [-0.2, 0) is 9.59 Å². The van der Waals surface area contributed by atoms with Crippen LogP contribution in [0.25, 0.3) is 0 Å². The van der Waals surface area contributed by atoms with E-state index >= 15 is 0 Å².